The molecule has 9 heteroatoms. The molecule has 1 aromatic carbocycles. The molecule has 0 fully saturated rings. The fourth-order valence-corrected chi connectivity index (χ4v) is 3.75. The smallest absolute Gasteiger partial charge is 0.374 e. The predicted octanol–water partition coefficient (Wildman–Crippen LogP) is 2.11. The summed E-state index contributed by atoms with van der Waals surface area (Å²) in [4.78, 5) is 23.6. The highest BCUT2D eigenvalue weighted by Crippen LogP contribution is 2.19. The predicted molar refractivity (Wildman–Crippen MR) is 94.2 cm³/mol. The summed E-state index contributed by atoms with van der Waals surface area (Å²) < 4.78 is 36.0. The Bertz CT molecular complexity index is 857. The minimum atomic E-state index is -3.63. The first-order chi connectivity index (χ1) is 12.4. The van der Waals surface area contributed by atoms with E-state index in [2.05, 4.69) is 5.32 Å². The summed E-state index contributed by atoms with van der Waals surface area (Å²) in [7, 11) is -3.63. The highest BCUT2D eigenvalue weighted by molar-refractivity contribution is 7.89. The second-order valence-corrected chi connectivity index (χ2v) is 7.16. The highest BCUT2D eigenvalue weighted by Gasteiger charge is 2.22. The van der Waals surface area contributed by atoms with Crippen molar-refractivity contribution in [3.8, 4) is 0 Å². The number of nitrogens with zero attached hydrogens (tertiary/aromatic N) is 1. The van der Waals surface area contributed by atoms with Crippen LogP contribution in [0, 0.1) is 0 Å². The molecule has 1 N–H and O–H groups in total. The van der Waals surface area contributed by atoms with Crippen LogP contribution in [0.1, 0.15) is 24.4 Å². The van der Waals surface area contributed by atoms with Crippen molar-refractivity contribution in [2.45, 2.75) is 18.7 Å². The average molecular weight is 380 g/mol. The molecule has 0 atom stereocenters. The molecule has 1 aromatic heterocycles. The van der Waals surface area contributed by atoms with Crippen molar-refractivity contribution in [3.63, 3.8) is 0 Å². The molecule has 0 aliphatic carbocycles. The molecule has 2 aromatic rings. The Kier molecular flexibility index (Phi) is 6.53. The monoisotopic (exact) mass is 380 g/mol. The van der Waals surface area contributed by atoms with E-state index in [9.17, 15) is 18.0 Å². The zero-order valence-corrected chi connectivity index (χ0v) is 15.3. The van der Waals surface area contributed by atoms with Gasteiger partial charge in [0.2, 0.25) is 15.8 Å². The van der Waals surface area contributed by atoms with Gasteiger partial charge in [0.15, 0.2) is 6.61 Å². The Morgan fingerprint density at radius 2 is 1.88 bits per heavy atom. The number of carbonyl (C=O) groups excluding carboxylic acids is 2. The molecule has 26 heavy (non-hydrogen) atoms. The van der Waals surface area contributed by atoms with Crippen molar-refractivity contribution in [2.75, 3.05) is 25.0 Å². The van der Waals surface area contributed by atoms with E-state index < -0.39 is 28.5 Å². The van der Waals surface area contributed by atoms with Gasteiger partial charge in [0.25, 0.3) is 5.91 Å². The van der Waals surface area contributed by atoms with Crippen LogP contribution in [0.2, 0.25) is 0 Å². The minimum Gasteiger partial charge on any atom is -0.457 e. The Hall–Kier alpha value is -2.65. The molecule has 0 bridgehead atoms. The molecule has 8 nitrogen and oxygen atoms in total. The van der Waals surface area contributed by atoms with Gasteiger partial charge in [-0.1, -0.05) is 19.9 Å². The first-order valence-corrected chi connectivity index (χ1v) is 9.43. The van der Waals surface area contributed by atoms with Gasteiger partial charge >= 0.3 is 5.97 Å². The summed E-state index contributed by atoms with van der Waals surface area (Å²) in [5, 5.41) is 2.50. The number of nitrogens with one attached hydrogen (secondary N) is 1. The lowest BCUT2D eigenvalue weighted by Crippen LogP contribution is -2.30. The van der Waals surface area contributed by atoms with Crippen LogP contribution >= 0.6 is 0 Å². The van der Waals surface area contributed by atoms with E-state index in [4.69, 9.17) is 9.15 Å². The van der Waals surface area contributed by atoms with Gasteiger partial charge in [0.1, 0.15) is 0 Å². The molecule has 1 amide bonds. The summed E-state index contributed by atoms with van der Waals surface area (Å²) in [6.45, 7) is 3.67. The maximum Gasteiger partial charge on any atom is 0.374 e. The third-order valence-corrected chi connectivity index (χ3v) is 5.56. The molecule has 0 radical (unpaired) electrons. The molecule has 1 heterocycles. The van der Waals surface area contributed by atoms with Gasteiger partial charge in [-0.2, -0.15) is 4.31 Å². The van der Waals surface area contributed by atoms with Gasteiger partial charge in [0.05, 0.1) is 11.2 Å². The molecule has 0 aliphatic heterocycles. The van der Waals surface area contributed by atoms with Gasteiger partial charge in [-0.15, -0.1) is 0 Å². The number of carbonyl (C=O) groups is 2. The van der Waals surface area contributed by atoms with Gasteiger partial charge in [0, 0.05) is 18.8 Å². The number of benzene rings is 1. The number of sulfonamides is 1. The van der Waals surface area contributed by atoms with Crippen LogP contribution in [0.5, 0.6) is 0 Å². The topological polar surface area (TPSA) is 106 Å². The fourth-order valence-electron chi connectivity index (χ4n) is 2.24. The maximum atomic E-state index is 12.5. The van der Waals surface area contributed by atoms with Crippen LogP contribution in [-0.4, -0.2) is 44.3 Å². The number of hydrogen-bond acceptors (Lipinski definition) is 6. The van der Waals surface area contributed by atoms with Crippen molar-refractivity contribution in [1.29, 1.82) is 0 Å². The van der Waals surface area contributed by atoms with E-state index in [1.807, 2.05) is 0 Å². The number of amides is 1. The zero-order valence-electron chi connectivity index (χ0n) is 14.5. The number of anilines is 1. The molecule has 0 saturated carbocycles. The van der Waals surface area contributed by atoms with Crippen LogP contribution in [0.25, 0.3) is 0 Å². The van der Waals surface area contributed by atoms with Crippen molar-refractivity contribution in [1.82, 2.24) is 4.31 Å². The average Bonchev–Trinajstić information content (AvgIpc) is 3.15. The number of hydrogen-bond donors (Lipinski definition) is 1. The number of rotatable bonds is 8. The van der Waals surface area contributed by atoms with Gasteiger partial charge < -0.3 is 14.5 Å². The van der Waals surface area contributed by atoms with E-state index in [0.717, 1.165) is 0 Å². The first-order valence-electron chi connectivity index (χ1n) is 7.99. The van der Waals surface area contributed by atoms with Gasteiger partial charge in [-0.25, -0.2) is 13.2 Å². The molecule has 140 valence electrons. The summed E-state index contributed by atoms with van der Waals surface area (Å²) in [5.41, 5.74) is 0.289. The third-order valence-electron chi connectivity index (χ3n) is 3.52. The summed E-state index contributed by atoms with van der Waals surface area (Å²) in [5.74, 6) is -1.37. The molecule has 2 rings (SSSR count). The Balaban J connectivity index is 2.02. The van der Waals surface area contributed by atoms with Crippen LogP contribution in [0.3, 0.4) is 0 Å². The largest absolute Gasteiger partial charge is 0.457 e. The summed E-state index contributed by atoms with van der Waals surface area (Å²) in [6, 6.07) is 8.84. The van der Waals surface area contributed by atoms with E-state index in [1.165, 1.54) is 40.9 Å². The summed E-state index contributed by atoms with van der Waals surface area (Å²) >= 11 is 0. The zero-order chi connectivity index (χ0) is 19.2. The molecule has 0 aliphatic rings. The van der Waals surface area contributed by atoms with E-state index in [1.54, 1.807) is 19.9 Å². The molecule has 0 unspecified atom stereocenters. The van der Waals surface area contributed by atoms with Crippen LogP contribution in [-0.2, 0) is 19.6 Å². The molecular weight excluding hydrogens is 360 g/mol. The van der Waals surface area contributed by atoms with Crippen molar-refractivity contribution in [2.24, 2.45) is 0 Å². The maximum absolute atomic E-state index is 12.5. The normalized spacial score (nSPS) is 11.3. The van der Waals surface area contributed by atoms with Crippen LogP contribution < -0.4 is 5.32 Å². The SMILES string of the molecule is CCN(CC)S(=O)(=O)c1cccc(NC(=O)COC(=O)c2ccco2)c1. The second-order valence-electron chi connectivity index (χ2n) is 5.22. The Morgan fingerprint density at radius 1 is 1.15 bits per heavy atom. The van der Waals surface area contributed by atoms with Crippen molar-refractivity contribution >= 4 is 27.6 Å². The van der Waals surface area contributed by atoms with Crippen LogP contribution in [0.15, 0.2) is 52.0 Å². The number of ether oxygens (including phenoxy) is 1. The molecular formula is C17H20N2O6S. The Morgan fingerprint density at radius 3 is 2.50 bits per heavy atom. The van der Waals surface area contributed by atoms with Crippen molar-refractivity contribution < 1.29 is 27.2 Å². The number of furan rings is 1. The minimum absolute atomic E-state index is 0.00915. The van der Waals surface area contributed by atoms with Crippen molar-refractivity contribution in [3.05, 3.63) is 48.4 Å². The van der Waals surface area contributed by atoms with Gasteiger partial charge in [-0.3, -0.25) is 4.79 Å². The van der Waals surface area contributed by atoms with Gasteiger partial charge in [-0.05, 0) is 30.3 Å². The third kappa shape index (κ3) is 4.70. The Labute approximate surface area is 151 Å². The fraction of sp³-hybridized carbons (Fsp3) is 0.294. The highest BCUT2D eigenvalue weighted by atomic mass is 32.2. The lowest BCUT2D eigenvalue weighted by molar-refractivity contribution is -0.119. The quantitative estimate of drug-likeness (QED) is 0.703. The lowest BCUT2D eigenvalue weighted by atomic mass is 10.3. The van der Waals surface area contributed by atoms with E-state index in [0.29, 0.717) is 13.1 Å². The first kappa shape index (κ1) is 19.7. The lowest BCUT2D eigenvalue weighted by Gasteiger charge is -2.18. The van der Waals surface area contributed by atoms with E-state index in [-0.39, 0.29) is 16.3 Å². The van der Waals surface area contributed by atoms with Crippen LogP contribution in [0.4, 0.5) is 5.69 Å². The molecule has 0 spiro atoms. The standard InChI is InChI=1S/C17H20N2O6S/c1-3-19(4-2)26(22,23)14-8-5-7-13(11-14)18-16(20)12-25-17(21)15-9-6-10-24-15/h5-11H,3-4,12H2,1-2H3,(H,18,20). The second kappa shape index (κ2) is 8.63. The molecule has 0 saturated heterocycles. The van der Waals surface area contributed by atoms with E-state index >= 15 is 0 Å². The number of esters is 1. The summed E-state index contributed by atoms with van der Waals surface area (Å²) in [6.07, 6.45) is 1.32.